The Morgan fingerprint density at radius 1 is 1.27 bits per heavy atom. The third kappa shape index (κ3) is 3.67. The molecule has 1 aliphatic heterocycles. The molecule has 0 aliphatic carbocycles. The molecule has 0 spiro atoms. The molecule has 3 heterocycles. The topological polar surface area (TPSA) is 74.2 Å². The predicted octanol–water partition coefficient (Wildman–Crippen LogP) is 3.83. The highest BCUT2D eigenvalue weighted by Crippen LogP contribution is 2.24. The minimum Gasteiger partial charge on any atom is -0.444 e. The van der Waals surface area contributed by atoms with Crippen LogP contribution in [0.1, 0.15) is 23.4 Å². The van der Waals surface area contributed by atoms with Crippen molar-refractivity contribution in [2.75, 3.05) is 18.0 Å². The summed E-state index contributed by atoms with van der Waals surface area (Å²) in [4.78, 5) is 14.5. The quantitative estimate of drug-likeness (QED) is 0.679. The van der Waals surface area contributed by atoms with Gasteiger partial charge >= 0.3 is 0 Å². The van der Waals surface area contributed by atoms with Crippen LogP contribution < -0.4 is 10.2 Å². The lowest BCUT2D eigenvalue weighted by atomic mass is 10.1. The smallest absolute Gasteiger partial charge is 0.287 e. The highest BCUT2D eigenvalue weighted by atomic mass is 79.9. The summed E-state index contributed by atoms with van der Waals surface area (Å²) in [6.07, 6.45) is 1.94. The van der Waals surface area contributed by atoms with Crippen molar-refractivity contribution in [3.05, 3.63) is 59.0 Å². The first-order valence-electron chi connectivity index (χ1n) is 8.61. The summed E-state index contributed by atoms with van der Waals surface area (Å²) in [6, 6.07) is 15.6. The summed E-state index contributed by atoms with van der Waals surface area (Å²) in [5.74, 6) is 1.04. The second-order valence-corrected chi connectivity index (χ2v) is 7.15. The van der Waals surface area contributed by atoms with Crippen LogP contribution in [0, 0.1) is 0 Å². The molecule has 0 radical (unpaired) electrons. The van der Waals surface area contributed by atoms with Gasteiger partial charge in [-0.2, -0.15) is 5.10 Å². The van der Waals surface area contributed by atoms with Crippen LogP contribution >= 0.6 is 15.9 Å². The van der Waals surface area contributed by atoms with Gasteiger partial charge in [0.25, 0.3) is 5.91 Å². The van der Waals surface area contributed by atoms with E-state index in [9.17, 15) is 4.79 Å². The average Bonchev–Trinajstić information content (AvgIpc) is 3.32. The number of H-pyrrole nitrogens is 1. The number of nitrogens with zero attached hydrogens (tertiary/aromatic N) is 2. The number of hydrogen-bond acceptors (Lipinski definition) is 4. The highest BCUT2D eigenvalue weighted by Gasteiger charge is 2.24. The van der Waals surface area contributed by atoms with Crippen LogP contribution in [-0.4, -0.2) is 35.2 Å². The molecule has 0 unspecified atom stereocenters. The van der Waals surface area contributed by atoms with Crippen molar-refractivity contribution < 1.29 is 9.21 Å². The number of amides is 1. The molecule has 4 rings (SSSR count). The number of halogens is 1. The van der Waals surface area contributed by atoms with Gasteiger partial charge in [-0.05, 0) is 46.5 Å². The lowest BCUT2D eigenvalue weighted by molar-refractivity contribution is 0.0903. The zero-order valence-electron chi connectivity index (χ0n) is 14.1. The third-order valence-electron chi connectivity index (χ3n) is 4.53. The maximum Gasteiger partial charge on any atom is 0.287 e. The maximum atomic E-state index is 12.3. The molecule has 3 aromatic rings. The summed E-state index contributed by atoms with van der Waals surface area (Å²) in [5, 5.41) is 10.6. The Kier molecular flexibility index (Phi) is 4.79. The molecule has 2 aromatic heterocycles. The molecule has 6 nitrogen and oxygen atoms in total. The third-order valence-corrected chi connectivity index (χ3v) is 4.95. The number of hydrogen-bond donors (Lipinski definition) is 2. The number of furan rings is 1. The molecule has 0 saturated carbocycles. The first-order chi connectivity index (χ1) is 12.7. The van der Waals surface area contributed by atoms with Crippen molar-refractivity contribution in [1.29, 1.82) is 0 Å². The van der Waals surface area contributed by atoms with Gasteiger partial charge in [-0.15, -0.1) is 0 Å². The van der Waals surface area contributed by atoms with Crippen molar-refractivity contribution in [1.82, 2.24) is 15.5 Å². The SMILES string of the molecule is O=C(N[C@@H]1CCCN(c2cc(-c3ccccc3)[nH]n2)C1)c1ccc(Br)o1. The molecule has 1 fully saturated rings. The molecule has 7 heteroatoms. The van der Waals surface area contributed by atoms with E-state index in [1.807, 2.05) is 18.2 Å². The molecule has 1 atom stereocenters. The lowest BCUT2D eigenvalue weighted by Gasteiger charge is -2.33. The number of carbonyl (C=O) groups is 1. The van der Waals surface area contributed by atoms with Crippen LogP contribution in [0.5, 0.6) is 0 Å². The van der Waals surface area contributed by atoms with Crippen LogP contribution in [0.4, 0.5) is 5.82 Å². The fraction of sp³-hybridized carbons (Fsp3) is 0.263. The predicted molar refractivity (Wildman–Crippen MR) is 103 cm³/mol. The standard InChI is InChI=1S/C19H19BrN4O2/c20-17-9-8-16(26-17)19(25)21-14-7-4-10-24(12-14)18-11-15(22-23-18)13-5-2-1-3-6-13/h1-3,5-6,8-9,11,14H,4,7,10,12H2,(H,21,25)(H,22,23)/t14-/m1/s1. The van der Waals surface area contributed by atoms with Gasteiger partial charge in [0.05, 0.1) is 5.69 Å². The van der Waals surface area contributed by atoms with E-state index in [1.54, 1.807) is 12.1 Å². The molecular formula is C19H19BrN4O2. The van der Waals surface area contributed by atoms with Crippen LogP contribution in [0.2, 0.25) is 0 Å². The van der Waals surface area contributed by atoms with E-state index in [0.29, 0.717) is 10.4 Å². The number of nitrogens with one attached hydrogen (secondary N) is 2. The molecule has 134 valence electrons. The molecule has 1 saturated heterocycles. The van der Waals surface area contributed by atoms with Crippen molar-refractivity contribution in [3.63, 3.8) is 0 Å². The van der Waals surface area contributed by atoms with Crippen molar-refractivity contribution in [2.24, 2.45) is 0 Å². The number of anilines is 1. The number of carbonyl (C=O) groups excluding carboxylic acids is 1. The van der Waals surface area contributed by atoms with Gasteiger partial charge in [0.1, 0.15) is 0 Å². The second kappa shape index (κ2) is 7.37. The molecule has 0 bridgehead atoms. The normalized spacial score (nSPS) is 17.3. The van der Waals surface area contributed by atoms with Crippen LogP contribution in [0.3, 0.4) is 0 Å². The van der Waals surface area contributed by atoms with E-state index in [1.165, 1.54) is 0 Å². The van der Waals surface area contributed by atoms with E-state index >= 15 is 0 Å². The van der Waals surface area contributed by atoms with Crippen LogP contribution in [-0.2, 0) is 0 Å². The molecule has 1 aromatic carbocycles. The molecular weight excluding hydrogens is 396 g/mol. The number of piperidine rings is 1. The van der Waals surface area contributed by atoms with E-state index in [2.05, 4.69) is 54.5 Å². The molecule has 26 heavy (non-hydrogen) atoms. The van der Waals surface area contributed by atoms with Gasteiger partial charge in [0.2, 0.25) is 0 Å². The van der Waals surface area contributed by atoms with Gasteiger partial charge in [-0.1, -0.05) is 30.3 Å². The Morgan fingerprint density at radius 2 is 2.12 bits per heavy atom. The molecule has 1 amide bonds. The number of aromatic amines is 1. The minimum absolute atomic E-state index is 0.0667. The van der Waals surface area contributed by atoms with Gasteiger partial charge in [0, 0.05) is 25.2 Å². The summed E-state index contributed by atoms with van der Waals surface area (Å²) in [5.41, 5.74) is 2.10. The number of rotatable bonds is 4. The van der Waals surface area contributed by atoms with Gasteiger partial charge in [-0.25, -0.2) is 0 Å². The molecule has 2 N–H and O–H groups in total. The first-order valence-corrected chi connectivity index (χ1v) is 9.40. The Hall–Kier alpha value is -2.54. The largest absolute Gasteiger partial charge is 0.444 e. The summed E-state index contributed by atoms with van der Waals surface area (Å²) < 4.78 is 5.88. The Morgan fingerprint density at radius 3 is 2.88 bits per heavy atom. The van der Waals surface area contributed by atoms with Crippen molar-refractivity contribution in [2.45, 2.75) is 18.9 Å². The maximum absolute atomic E-state index is 12.3. The van der Waals surface area contributed by atoms with Gasteiger partial charge < -0.3 is 14.6 Å². The Balaban J connectivity index is 1.42. The van der Waals surface area contributed by atoms with Crippen molar-refractivity contribution in [3.8, 4) is 11.3 Å². The Labute approximate surface area is 159 Å². The van der Waals surface area contributed by atoms with Gasteiger partial charge in [0.15, 0.2) is 16.2 Å². The van der Waals surface area contributed by atoms with Crippen molar-refractivity contribution >= 4 is 27.7 Å². The monoisotopic (exact) mass is 414 g/mol. The van der Waals surface area contributed by atoms with E-state index in [0.717, 1.165) is 43.0 Å². The number of benzene rings is 1. The zero-order valence-corrected chi connectivity index (χ0v) is 15.7. The average molecular weight is 415 g/mol. The zero-order chi connectivity index (χ0) is 17.9. The minimum atomic E-state index is -0.186. The van der Waals surface area contributed by atoms with Gasteiger partial charge in [-0.3, -0.25) is 9.89 Å². The van der Waals surface area contributed by atoms with Crippen LogP contribution in [0.25, 0.3) is 11.3 Å². The van der Waals surface area contributed by atoms with E-state index < -0.39 is 0 Å². The summed E-state index contributed by atoms with van der Waals surface area (Å²) >= 11 is 3.22. The number of aromatic nitrogens is 2. The fourth-order valence-corrected chi connectivity index (χ4v) is 3.54. The van der Waals surface area contributed by atoms with Crippen LogP contribution in [0.15, 0.2) is 57.6 Å². The lowest BCUT2D eigenvalue weighted by Crippen LogP contribution is -2.47. The fourth-order valence-electron chi connectivity index (χ4n) is 3.23. The highest BCUT2D eigenvalue weighted by molar-refractivity contribution is 9.10. The molecule has 1 aliphatic rings. The van der Waals surface area contributed by atoms with E-state index in [4.69, 9.17) is 4.42 Å². The Bertz CT molecular complexity index is 890. The summed E-state index contributed by atoms with van der Waals surface area (Å²) in [6.45, 7) is 1.66. The summed E-state index contributed by atoms with van der Waals surface area (Å²) in [7, 11) is 0. The second-order valence-electron chi connectivity index (χ2n) is 6.37. The first kappa shape index (κ1) is 16.9. The van der Waals surface area contributed by atoms with E-state index in [-0.39, 0.29) is 11.9 Å².